The fraction of sp³-hybridized carbons (Fsp3) is 0.258. The minimum Gasteiger partial charge on any atom is -0.484 e. The monoisotopic (exact) mass is 622 g/mol. The van der Waals surface area contributed by atoms with E-state index in [1.165, 1.54) is 33.9 Å². The molecule has 0 saturated carbocycles. The third kappa shape index (κ3) is 8.31. The number of nitrogens with one attached hydrogen (secondary N) is 3. The number of H-pyrrole nitrogens is 1. The van der Waals surface area contributed by atoms with Crippen LogP contribution in [-0.2, 0) is 27.5 Å². The van der Waals surface area contributed by atoms with E-state index < -0.39 is 35.2 Å². The molecule has 4 rings (SSSR count). The number of imidazole rings is 1. The number of hydrogen-bond donors (Lipinski definition) is 3. The van der Waals surface area contributed by atoms with E-state index in [0.29, 0.717) is 6.07 Å². The molecule has 1 atom stereocenters. The molecule has 4 aromatic rings. The summed E-state index contributed by atoms with van der Waals surface area (Å²) in [5, 5.41) is 4.93. The first kappa shape index (κ1) is 32.4. The fourth-order valence-electron chi connectivity index (χ4n) is 4.27. The number of pyridine rings is 1. The van der Waals surface area contributed by atoms with Crippen molar-refractivity contribution >= 4 is 34.6 Å². The quantitative estimate of drug-likeness (QED) is 0.204. The number of aromatic amines is 1. The highest BCUT2D eigenvalue weighted by molar-refractivity contribution is 5.96. The Morgan fingerprint density at radius 3 is 2.58 bits per heavy atom. The van der Waals surface area contributed by atoms with E-state index in [9.17, 15) is 28.0 Å². The van der Waals surface area contributed by atoms with Gasteiger partial charge in [0.25, 0.3) is 5.56 Å². The maximum absolute atomic E-state index is 14.7. The van der Waals surface area contributed by atoms with Gasteiger partial charge in [0.2, 0.25) is 11.8 Å². The van der Waals surface area contributed by atoms with E-state index >= 15 is 0 Å². The van der Waals surface area contributed by atoms with Gasteiger partial charge < -0.3 is 34.6 Å². The highest BCUT2D eigenvalue weighted by atomic mass is 19.1. The number of carbonyl (C=O) groups is 3. The van der Waals surface area contributed by atoms with Crippen LogP contribution in [0, 0.1) is 11.6 Å². The smallest absolute Gasteiger partial charge is 0.407 e. The van der Waals surface area contributed by atoms with Gasteiger partial charge in [-0.15, -0.1) is 0 Å². The topological polar surface area (TPSA) is 148 Å². The first-order valence-electron chi connectivity index (χ1n) is 13.8. The number of ether oxygens (including phenoxy) is 2. The molecule has 236 valence electrons. The second-order valence-corrected chi connectivity index (χ2v) is 10.1. The van der Waals surface area contributed by atoms with Crippen LogP contribution in [0.25, 0.3) is 11.0 Å². The molecule has 3 N–H and O–H groups in total. The van der Waals surface area contributed by atoms with Crippen molar-refractivity contribution in [1.82, 2.24) is 24.8 Å². The van der Waals surface area contributed by atoms with Gasteiger partial charge in [0.15, 0.2) is 17.4 Å². The number of likely N-dealkylation sites (N-methyl/N-ethyl adjacent to an activating group) is 1. The maximum Gasteiger partial charge on any atom is 0.407 e. The first-order chi connectivity index (χ1) is 21.6. The van der Waals surface area contributed by atoms with Crippen LogP contribution in [-0.4, -0.2) is 64.6 Å². The summed E-state index contributed by atoms with van der Waals surface area (Å²) < 4.78 is 40.9. The van der Waals surface area contributed by atoms with Gasteiger partial charge in [0.05, 0.1) is 13.7 Å². The van der Waals surface area contributed by atoms with Crippen LogP contribution in [0.15, 0.2) is 71.7 Å². The number of nitrogens with zero attached hydrogens (tertiary/aromatic N) is 3. The molecule has 0 saturated heterocycles. The van der Waals surface area contributed by atoms with Crippen molar-refractivity contribution in [2.75, 3.05) is 26.5 Å². The molecule has 0 aliphatic carbocycles. The summed E-state index contributed by atoms with van der Waals surface area (Å²) in [6.07, 6.45) is 3.87. The summed E-state index contributed by atoms with van der Waals surface area (Å²) in [6, 6.07) is 11.5. The second-order valence-electron chi connectivity index (χ2n) is 10.1. The minimum atomic E-state index is -1.09. The summed E-state index contributed by atoms with van der Waals surface area (Å²) in [7, 11) is 4.34. The Balaban J connectivity index is 1.52. The molecule has 12 nitrogen and oxygen atoms in total. The molecular formula is C31H32F2N6O6. The highest BCUT2D eigenvalue weighted by Crippen LogP contribution is 2.30. The number of fused-ring (bicyclic) bond motifs is 1. The van der Waals surface area contributed by atoms with E-state index in [1.54, 1.807) is 32.3 Å². The molecular weight excluding hydrogens is 590 g/mol. The molecule has 0 spiro atoms. The van der Waals surface area contributed by atoms with Crippen molar-refractivity contribution in [2.45, 2.75) is 32.0 Å². The summed E-state index contributed by atoms with van der Waals surface area (Å²) in [6.45, 7) is -0.144. The SMILES string of the molecule is COC(=O)NC(CCC=CC(=O)N(C)C)C(=O)Nc1cccn(Cc2nc3c(F)cc(F)c(OCc4ccccc4)c3[nH]2)c1=O. The first-order valence-corrected chi connectivity index (χ1v) is 13.8. The number of rotatable bonds is 12. The fourth-order valence-corrected chi connectivity index (χ4v) is 4.27. The lowest BCUT2D eigenvalue weighted by Crippen LogP contribution is -2.44. The largest absolute Gasteiger partial charge is 0.484 e. The van der Waals surface area contributed by atoms with Crippen molar-refractivity contribution in [3.8, 4) is 5.75 Å². The predicted molar refractivity (Wildman–Crippen MR) is 162 cm³/mol. The normalized spacial score (nSPS) is 11.8. The third-order valence-electron chi connectivity index (χ3n) is 6.62. The standard InChI is InChI=1S/C31H32F2N6O6/c1-38(2)25(40)14-8-7-12-22(35-31(43)44-3)29(41)34-23-13-9-15-39(30(23)42)17-24-36-26-20(32)16-21(33)28(27(26)37-24)45-18-19-10-5-4-6-11-19/h4-6,8-11,13-16,22H,7,12,17-18H2,1-3H3,(H,34,41)(H,35,43)(H,36,37). The van der Waals surface area contributed by atoms with Crippen LogP contribution in [0.3, 0.4) is 0 Å². The average Bonchev–Trinajstić information content (AvgIpc) is 3.44. The summed E-state index contributed by atoms with van der Waals surface area (Å²) in [5.41, 5.74) is -0.108. The zero-order valence-corrected chi connectivity index (χ0v) is 24.8. The maximum atomic E-state index is 14.7. The molecule has 14 heteroatoms. The number of halogens is 2. The van der Waals surface area contributed by atoms with Gasteiger partial charge in [-0.3, -0.25) is 14.4 Å². The summed E-state index contributed by atoms with van der Waals surface area (Å²) in [5.74, 6) is -2.83. The Kier molecular flexibility index (Phi) is 10.6. The Morgan fingerprint density at radius 1 is 1.11 bits per heavy atom. The average molecular weight is 623 g/mol. The minimum absolute atomic E-state index is 0.00556. The number of carbonyl (C=O) groups excluding carboxylic acids is 3. The number of amides is 3. The molecule has 1 unspecified atom stereocenters. The van der Waals surface area contributed by atoms with Crippen molar-refractivity contribution in [3.63, 3.8) is 0 Å². The molecule has 0 aliphatic rings. The van der Waals surface area contributed by atoms with E-state index in [2.05, 4.69) is 25.3 Å². The van der Waals surface area contributed by atoms with Gasteiger partial charge >= 0.3 is 6.09 Å². The van der Waals surface area contributed by atoms with Crippen molar-refractivity contribution in [2.24, 2.45) is 0 Å². The second kappa shape index (κ2) is 14.8. The Labute approximate surface area is 256 Å². The van der Waals surface area contributed by atoms with Crippen molar-refractivity contribution < 1.29 is 32.6 Å². The number of allylic oxidation sites excluding steroid dienone is 1. The van der Waals surface area contributed by atoms with Gasteiger partial charge in [0, 0.05) is 26.4 Å². The number of methoxy groups -OCH3 is 1. The van der Waals surface area contributed by atoms with Gasteiger partial charge in [-0.2, -0.15) is 0 Å². The number of hydrogen-bond acceptors (Lipinski definition) is 7. The zero-order valence-electron chi connectivity index (χ0n) is 24.8. The lowest BCUT2D eigenvalue weighted by molar-refractivity contribution is -0.123. The summed E-state index contributed by atoms with van der Waals surface area (Å²) >= 11 is 0. The van der Waals surface area contributed by atoms with Crippen LogP contribution in [0.4, 0.5) is 19.3 Å². The predicted octanol–water partition coefficient (Wildman–Crippen LogP) is 3.72. The van der Waals surface area contributed by atoms with Gasteiger partial charge in [-0.25, -0.2) is 18.6 Å². The Bertz CT molecular complexity index is 1770. The molecule has 3 amide bonds. The summed E-state index contributed by atoms with van der Waals surface area (Å²) in [4.78, 5) is 58.4. The lowest BCUT2D eigenvalue weighted by atomic mass is 10.1. The van der Waals surface area contributed by atoms with E-state index in [0.717, 1.165) is 12.7 Å². The van der Waals surface area contributed by atoms with Gasteiger partial charge in [-0.05, 0) is 36.6 Å². The van der Waals surface area contributed by atoms with Crippen LogP contribution in [0.1, 0.15) is 24.2 Å². The Morgan fingerprint density at radius 2 is 1.87 bits per heavy atom. The molecule has 0 aliphatic heterocycles. The number of anilines is 1. The van der Waals surface area contributed by atoms with Gasteiger partial charge in [-0.1, -0.05) is 36.4 Å². The van der Waals surface area contributed by atoms with Crippen molar-refractivity contribution in [1.29, 1.82) is 0 Å². The lowest BCUT2D eigenvalue weighted by Gasteiger charge is -2.17. The van der Waals surface area contributed by atoms with Crippen LogP contribution < -0.4 is 20.9 Å². The number of benzene rings is 2. The Hall–Kier alpha value is -5.53. The van der Waals surface area contributed by atoms with E-state index in [-0.39, 0.29) is 60.2 Å². The van der Waals surface area contributed by atoms with E-state index in [1.807, 2.05) is 18.2 Å². The number of alkyl carbamates (subject to hydrolysis) is 1. The molecule has 2 aromatic carbocycles. The molecule has 0 bridgehead atoms. The molecule has 2 aromatic heterocycles. The third-order valence-corrected chi connectivity index (χ3v) is 6.62. The zero-order chi connectivity index (χ0) is 32.5. The van der Waals surface area contributed by atoms with Crippen LogP contribution >= 0.6 is 0 Å². The molecule has 45 heavy (non-hydrogen) atoms. The van der Waals surface area contributed by atoms with Crippen molar-refractivity contribution in [3.05, 3.63) is 100 Å². The number of aromatic nitrogens is 3. The van der Waals surface area contributed by atoms with Crippen LogP contribution in [0.5, 0.6) is 5.75 Å². The van der Waals surface area contributed by atoms with Gasteiger partial charge in [0.1, 0.15) is 35.2 Å². The van der Waals surface area contributed by atoms with Crippen LogP contribution in [0.2, 0.25) is 0 Å². The molecule has 0 radical (unpaired) electrons. The highest BCUT2D eigenvalue weighted by Gasteiger charge is 2.23. The van der Waals surface area contributed by atoms with E-state index in [4.69, 9.17) is 4.74 Å². The molecule has 2 heterocycles. The molecule has 0 fully saturated rings.